The van der Waals surface area contributed by atoms with Gasteiger partial charge in [0.2, 0.25) is 0 Å². The zero-order valence-corrected chi connectivity index (χ0v) is 21.7. The third kappa shape index (κ3) is 6.14. The lowest BCUT2D eigenvalue weighted by Crippen LogP contribution is -2.28. The molecular formula is C26H20BrClN2O4S. The Hall–Kier alpha value is -3.07. The smallest absolute Gasteiger partial charge is 0.335 e. The molecule has 0 aromatic heterocycles. The number of ether oxygens (including phenoxy) is 1. The maximum absolute atomic E-state index is 13.1. The molecule has 1 aliphatic rings. The van der Waals surface area contributed by atoms with E-state index in [0.29, 0.717) is 39.7 Å². The number of carboxylic acid groups (broad SMARTS) is 1. The van der Waals surface area contributed by atoms with Crippen LogP contribution in [0, 0.1) is 0 Å². The molecule has 1 aliphatic heterocycles. The Balaban J connectivity index is 1.60. The molecule has 1 saturated heterocycles. The third-order valence-electron chi connectivity index (χ3n) is 5.11. The van der Waals surface area contributed by atoms with E-state index in [1.807, 2.05) is 49.4 Å². The van der Waals surface area contributed by atoms with Gasteiger partial charge in [-0.3, -0.25) is 9.69 Å². The summed E-state index contributed by atoms with van der Waals surface area (Å²) in [4.78, 5) is 30.9. The first-order valence-corrected chi connectivity index (χ1v) is 12.6. The Bertz CT molecular complexity index is 1320. The van der Waals surface area contributed by atoms with Crippen molar-refractivity contribution >= 4 is 68.1 Å². The zero-order chi connectivity index (χ0) is 24.9. The number of carboxylic acids is 1. The van der Waals surface area contributed by atoms with Crippen molar-refractivity contribution in [1.82, 2.24) is 4.90 Å². The van der Waals surface area contributed by atoms with E-state index in [1.54, 1.807) is 23.1 Å². The van der Waals surface area contributed by atoms with Crippen LogP contribution in [0.25, 0.3) is 6.08 Å². The summed E-state index contributed by atoms with van der Waals surface area (Å²) in [6.45, 7) is 2.69. The first-order valence-electron chi connectivity index (χ1n) is 10.6. The fraction of sp³-hybridized carbons (Fsp3) is 0.115. The monoisotopic (exact) mass is 570 g/mol. The lowest BCUT2D eigenvalue weighted by Gasteiger charge is -2.12. The van der Waals surface area contributed by atoms with Crippen LogP contribution in [0.4, 0.5) is 5.69 Å². The number of likely N-dealkylation sites (N-methyl/N-ethyl adjacent to an activating group) is 1. The molecule has 4 rings (SSSR count). The number of halogens is 2. The fourth-order valence-corrected chi connectivity index (χ4v) is 4.86. The first kappa shape index (κ1) is 25.0. The molecule has 0 bridgehead atoms. The van der Waals surface area contributed by atoms with Crippen molar-refractivity contribution in [2.45, 2.75) is 13.5 Å². The molecule has 1 heterocycles. The second-order valence-electron chi connectivity index (χ2n) is 7.50. The molecule has 3 aromatic carbocycles. The summed E-state index contributed by atoms with van der Waals surface area (Å²) in [5.74, 6) is -0.512. The molecule has 3 aromatic rings. The van der Waals surface area contributed by atoms with Crippen LogP contribution in [0.5, 0.6) is 5.75 Å². The van der Waals surface area contributed by atoms with Crippen LogP contribution >= 0.6 is 39.3 Å². The quantitative estimate of drug-likeness (QED) is 0.309. The highest BCUT2D eigenvalue weighted by molar-refractivity contribution is 9.10. The van der Waals surface area contributed by atoms with E-state index in [0.717, 1.165) is 15.6 Å². The molecule has 35 heavy (non-hydrogen) atoms. The number of thioether (sulfide) groups is 1. The van der Waals surface area contributed by atoms with Crippen molar-refractivity contribution < 1.29 is 19.4 Å². The average molecular weight is 572 g/mol. The van der Waals surface area contributed by atoms with Crippen LogP contribution in [-0.4, -0.2) is 33.6 Å². The van der Waals surface area contributed by atoms with Crippen molar-refractivity contribution in [2.75, 3.05) is 6.54 Å². The molecule has 178 valence electrons. The number of rotatable bonds is 7. The highest BCUT2D eigenvalue weighted by atomic mass is 79.9. The van der Waals surface area contributed by atoms with Gasteiger partial charge in [-0.2, -0.15) is 0 Å². The lowest BCUT2D eigenvalue weighted by molar-refractivity contribution is -0.122. The van der Waals surface area contributed by atoms with Gasteiger partial charge in [-0.05, 0) is 84.9 Å². The summed E-state index contributed by atoms with van der Waals surface area (Å²) in [6, 6.07) is 19.3. The molecule has 0 aliphatic carbocycles. The summed E-state index contributed by atoms with van der Waals surface area (Å²) < 4.78 is 6.91. The van der Waals surface area contributed by atoms with Gasteiger partial charge in [-0.25, -0.2) is 9.79 Å². The van der Waals surface area contributed by atoms with Gasteiger partial charge < -0.3 is 9.84 Å². The van der Waals surface area contributed by atoms with Crippen LogP contribution in [-0.2, 0) is 11.4 Å². The van der Waals surface area contributed by atoms with Crippen molar-refractivity contribution in [3.05, 3.63) is 97.8 Å². The van der Waals surface area contributed by atoms with Gasteiger partial charge in [0.25, 0.3) is 5.91 Å². The minimum absolute atomic E-state index is 0.151. The first-order chi connectivity index (χ1) is 16.8. The van der Waals surface area contributed by atoms with Gasteiger partial charge in [0.1, 0.15) is 12.4 Å². The van der Waals surface area contributed by atoms with Crippen molar-refractivity contribution in [3.8, 4) is 5.75 Å². The highest BCUT2D eigenvalue weighted by Crippen LogP contribution is 2.36. The minimum atomic E-state index is -1.00. The van der Waals surface area contributed by atoms with Gasteiger partial charge >= 0.3 is 5.97 Å². The van der Waals surface area contributed by atoms with Crippen molar-refractivity contribution in [2.24, 2.45) is 4.99 Å². The topological polar surface area (TPSA) is 79.2 Å². The fourth-order valence-electron chi connectivity index (χ4n) is 3.31. The molecule has 0 radical (unpaired) electrons. The van der Waals surface area contributed by atoms with E-state index in [2.05, 4.69) is 20.9 Å². The Kier molecular flexibility index (Phi) is 7.95. The molecule has 6 nitrogen and oxygen atoms in total. The largest absolute Gasteiger partial charge is 0.488 e. The maximum Gasteiger partial charge on any atom is 0.335 e. The van der Waals surface area contributed by atoms with Gasteiger partial charge in [-0.15, -0.1) is 0 Å². The van der Waals surface area contributed by atoms with Crippen LogP contribution in [0.1, 0.15) is 28.4 Å². The van der Waals surface area contributed by atoms with Gasteiger partial charge in [0.05, 0.1) is 16.2 Å². The van der Waals surface area contributed by atoms with Gasteiger partial charge in [-0.1, -0.05) is 39.7 Å². The summed E-state index contributed by atoms with van der Waals surface area (Å²) in [7, 11) is 0. The number of hydrogen-bond donors (Lipinski definition) is 1. The number of benzene rings is 3. The summed E-state index contributed by atoms with van der Waals surface area (Å²) in [5.41, 5.74) is 2.48. The molecule has 0 spiro atoms. The van der Waals surface area contributed by atoms with Gasteiger partial charge in [0.15, 0.2) is 5.17 Å². The molecule has 1 N–H and O–H groups in total. The second-order valence-corrected chi connectivity index (χ2v) is 9.86. The van der Waals surface area contributed by atoms with E-state index >= 15 is 0 Å². The van der Waals surface area contributed by atoms with E-state index in [9.17, 15) is 9.59 Å². The predicted molar refractivity (Wildman–Crippen MR) is 143 cm³/mol. The molecule has 1 amide bonds. The summed E-state index contributed by atoms with van der Waals surface area (Å²) in [5, 5.41) is 10.3. The summed E-state index contributed by atoms with van der Waals surface area (Å²) >= 11 is 10.7. The molecule has 0 saturated carbocycles. The molecule has 0 unspecified atom stereocenters. The molecule has 0 atom stereocenters. The van der Waals surface area contributed by atoms with Crippen molar-refractivity contribution in [1.29, 1.82) is 0 Å². The number of carbonyl (C=O) groups excluding carboxylic acids is 1. The van der Waals surface area contributed by atoms with Gasteiger partial charge in [0, 0.05) is 21.6 Å². The lowest BCUT2D eigenvalue weighted by atomic mass is 10.1. The maximum atomic E-state index is 13.1. The number of aliphatic imine (C=N–C) groups is 1. The molecular weight excluding hydrogens is 552 g/mol. The normalized spacial score (nSPS) is 15.7. The van der Waals surface area contributed by atoms with Crippen LogP contribution < -0.4 is 4.74 Å². The Morgan fingerprint density at radius 2 is 1.86 bits per heavy atom. The average Bonchev–Trinajstić information content (AvgIpc) is 3.13. The number of carbonyl (C=O) groups is 2. The Labute approximate surface area is 220 Å². The van der Waals surface area contributed by atoms with E-state index in [4.69, 9.17) is 21.4 Å². The number of amides is 1. The number of hydrogen-bond acceptors (Lipinski definition) is 5. The van der Waals surface area contributed by atoms with E-state index in [1.165, 1.54) is 23.9 Å². The zero-order valence-electron chi connectivity index (χ0n) is 18.6. The number of nitrogens with zero attached hydrogens (tertiary/aromatic N) is 2. The highest BCUT2D eigenvalue weighted by Gasteiger charge is 2.32. The number of aromatic carboxylic acids is 1. The van der Waals surface area contributed by atoms with E-state index < -0.39 is 5.97 Å². The Morgan fingerprint density at radius 3 is 2.51 bits per heavy atom. The Morgan fingerprint density at radius 1 is 1.14 bits per heavy atom. The molecule has 1 fully saturated rings. The van der Waals surface area contributed by atoms with Crippen LogP contribution in [0.15, 0.2) is 81.1 Å². The number of amidine groups is 1. The summed E-state index contributed by atoms with van der Waals surface area (Å²) in [6.07, 6.45) is 1.80. The second kappa shape index (κ2) is 11.1. The van der Waals surface area contributed by atoms with Crippen LogP contribution in [0.3, 0.4) is 0 Å². The van der Waals surface area contributed by atoms with E-state index in [-0.39, 0.29) is 11.5 Å². The standard InChI is InChI=1S/C26H20BrClN2O4S/c1-2-30-24(31)23(35-26(30)29-21-10-5-17(6-11-21)25(32)33)14-18-13-19(27)7-12-22(18)34-15-16-3-8-20(28)9-4-16/h3-14H,2,15H2,1H3,(H,32,33). The van der Waals surface area contributed by atoms with Crippen LogP contribution in [0.2, 0.25) is 5.02 Å². The third-order valence-corrected chi connectivity index (χ3v) is 6.86. The molecule has 9 heteroatoms. The van der Waals surface area contributed by atoms with Crippen molar-refractivity contribution in [3.63, 3.8) is 0 Å². The predicted octanol–water partition coefficient (Wildman–Crippen LogP) is 7.00. The SMILES string of the molecule is CCN1C(=O)C(=Cc2cc(Br)ccc2OCc2ccc(Cl)cc2)SC1=Nc1ccc(C(=O)O)cc1. The minimum Gasteiger partial charge on any atom is -0.488 e.